The van der Waals surface area contributed by atoms with Crippen molar-refractivity contribution in [2.75, 3.05) is 52.3 Å². The molecule has 4 bridgehead atoms. The third-order valence-electron chi connectivity index (χ3n) is 11.0. The van der Waals surface area contributed by atoms with Gasteiger partial charge in [0.25, 0.3) is 5.91 Å². The number of fused-ring (bicyclic) bond motifs is 6. The van der Waals surface area contributed by atoms with Gasteiger partial charge in [0.05, 0.1) is 18.2 Å². The minimum absolute atomic E-state index is 0.104. The van der Waals surface area contributed by atoms with Crippen LogP contribution >= 0.6 is 11.6 Å². The summed E-state index contributed by atoms with van der Waals surface area (Å²) in [7, 11) is -0.254. The third-order valence-corrected chi connectivity index (χ3v) is 12.7. The molecule has 1 aliphatic carbocycles. The largest absolute Gasteiger partial charge is 0.487 e. The highest BCUT2D eigenvalue weighted by Gasteiger charge is 2.47. The number of carbonyl (C=O) groups is 2. The summed E-state index contributed by atoms with van der Waals surface area (Å²) in [6.07, 6.45) is 6.61. The Kier molecular flexibility index (Phi) is 10.8. The second kappa shape index (κ2) is 14.7. The average molecular weight is 719 g/mol. The molecule has 1 saturated heterocycles. The normalized spacial score (nSPS) is 28.3. The molecule has 1 N–H and O–H groups in total. The van der Waals surface area contributed by atoms with Crippen molar-refractivity contribution in [1.29, 1.82) is 0 Å². The molecule has 5 atom stereocenters. The number of amides is 2. The standard InChI is InChI=1S/C36H48ClFN4O6S/c1-40(2)49(45,46)39-35(44)36(38)21-34(43)41(3)16-13-24-14-17-47-33(18-24)30-11-8-26(30)22-42-15-5-4-6-25-19-29(37)10-7-27(25)23-48-32-12-9-28(36)20-31(32)42/h7,9-10,12,19-20,24,26,30,33H,4-6,8,11,13-18,21-23H2,1-3H3,(H,39,44)/t24-,26-,30+,33-,36+/m0/s1. The van der Waals surface area contributed by atoms with Crippen LogP contribution in [0.3, 0.4) is 0 Å². The molecule has 2 amide bonds. The van der Waals surface area contributed by atoms with Gasteiger partial charge in [-0.2, -0.15) is 12.7 Å². The Balaban J connectivity index is 1.45. The first kappa shape index (κ1) is 35.9. The van der Waals surface area contributed by atoms with E-state index in [0.717, 1.165) is 66.8 Å². The van der Waals surface area contributed by atoms with Gasteiger partial charge in [0, 0.05) is 58.0 Å². The number of rotatable bonds is 3. The summed E-state index contributed by atoms with van der Waals surface area (Å²) in [5.74, 6) is -0.353. The number of ether oxygens (including phenoxy) is 2. The number of aryl methyl sites for hydroxylation is 1. The molecule has 6 rings (SSSR count). The number of nitrogens with one attached hydrogen (secondary N) is 1. The zero-order valence-corrected chi connectivity index (χ0v) is 30.2. The van der Waals surface area contributed by atoms with E-state index in [1.165, 1.54) is 25.1 Å². The van der Waals surface area contributed by atoms with Gasteiger partial charge in [-0.25, -0.2) is 9.11 Å². The molecule has 2 aromatic carbocycles. The number of benzene rings is 2. The highest BCUT2D eigenvalue weighted by molar-refractivity contribution is 7.87. The number of carbonyl (C=O) groups excluding carboxylic acids is 2. The first-order valence-electron chi connectivity index (χ1n) is 17.4. The maximum atomic E-state index is 17.6. The number of alkyl halides is 1. The van der Waals surface area contributed by atoms with Gasteiger partial charge in [0.15, 0.2) is 0 Å². The topological polar surface area (TPSA) is 108 Å². The number of hydrogen-bond donors (Lipinski definition) is 1. The van der Waals surface area contributed by atoms with E-state index in [0.29, 0.717) is 60.5 Å². The Bertz CT molecular complexity index is 1660. The Hall–Kier alpha value is -2.93. The molecular formula is C36H48ClFN4O6S. The fraction of sp³-hybridized carbons (Fsp3) is 0.611. The van der Waals surface area contributed by atoms with Crippen molar-refractivity contribution in [3.05, 3.63) is 58.1 Å². The maximum Gasteiger partial charge on any atom is 0.303 e. The first-order chi connectivity index (χ1) is 23.3. The zero-order valence-electron chi connectivity index (χ0n) is 28.6. The van der Waals surface area contributed by atoms with Crippen LogP contribution in [-0.2, 0) is 43.2 Å². The van der Waals surface area contributed by atoms with Gasteiger partial charge in [0.2, 0.25) is 11.6 Å². The monoisotopic (exact) mass is 718 g/mol. The predicted molar refractivity (Wildman–Crippen MR) is 186 cm³/mol. The van der Waals surface area contributed by atoms with E-state index in [-0.39, 0.29) is 18.3 Å². The van der Waals surface area contributed by atoms with Gasteiger partial charge in [-0.15, -0.1) is 0 Å². The fourth-order valence-electron chi connectivity index (χ4n) is 7.69. The molecule has 0 radical (unpaired) electrons. The minimum atomic E-state index is -4.35. The summed E-state index contributed by atoms with van der Waals surface area (Å²) in [5, 5.41) is 0.668. The Morgan fingerprint density at radius 1 is 1.06 bits per heavy atom. The molecule has 0 spiro atoms. The lowest BCUT2D eigenvalue weighted by atomic mass is 9.67. The summed E-state index contributed by atoms with van der Waals surface area (Å²) in [6, 6.07) is 10.4. The quantitative estimate of drug-likeness (QED) is 0.464. The van der Waals surface area contributed by atoms with E-state index in [1.54, 1.807) is 19.2 Å². The molecule has 268 valence electrons. The Morgan fingerprint density at radius 2 is 1.88 bits per heavy atom. The third kappa shape index (κ3) is 7.87. The first-order valence-corrected chi connectivity index (χ1v) is 19.2. The molecule has 10 nitrogen and oxygen atoms in total. The van der Waals surface area contributed by atoms with Crippen LogP contribution in [0.1, 0.15) is 68.1 Å². The summed E-state index contributed by atoms with van der Waals surface area (Å²) in [4.78, 5) is 31.1. The van der Waals surface area contributed by atoms with Crippen LogP contribution in [-0.4, -0.2) is 82.9 Å². The summed E-state index contributed by atoms with van der Waals surface area (Å²) in [5.41, 5.74) is -0.345. The lowest BCUT2D eigenvalue weighted by Gasteiger charge is -2.47. The lowest BCUT2D eigenvalue weighted by Crippen LogP contribution is -2.50. The van der Waals surface area contributed by atoms with Crippen molar-refractivity contribution < 1.29 is 31.9 Å². The van der Waals surface area contributed by atoms with Crippen LogP contribution in [0.25, 0.3) is 0 Å². The van der Waals surface area contributed by atoms with Gasteiger partial charge in [-0.1, -0.05) is 23.7 Å². The lowest BCUT2D eigenvalue weighted by molar-refractivity contribution is -0.142. The molecule has 3 heterocycles. The van der Waals surface area contributed by atoms with E-state index in [9.17, 15) is 18.0 Å². The number of nitrogens with zero attached hydrogens (tertiary/aromatic N) is 3. The van der Waals surface area contributed by atoms with E-state index in [1.807, 2.05) is 22.9 Å². The van der Waals surface area contributed by atoms with E-state index in [4.69, 9.17) is 21.1 Å². The van der Waals surface area contributed by atoms with E-state index < -0.39 is 34.1 Å². The average Bonchev–Trinajstić information content (AvgIpc) is 3.08. The smallest absolute Gasteiger partial charge is 0.303 e. The zero-order chi connectivity index (χ0) is 34.9. The second-order valence-electron chi connectivity index (χ2n) is 14.4. The van der Waals surface area contributed by atoms with Crippen LogP contribution in [0.2, 0.25) is 5.02 Å². The number of anilines is 1. The van der Waals surface area contributed by atoms with Crippen molar-refractivity contribution in [1.82, 2.24) is 13.9 Å². The van der Waals surface area contributed by atoms with Crippen molar-refractivity contribution in [3.8, 4) is 5.75 Å². The van der Waals surface area contributed by atoms with E-state index >= 15 is 4.39 Å². The Labute approximate surface area is 294 Å². The number of hydrogen-bond acceptors (Lipinski definition) is 7. The van der Waals surface area contributed by atoms with Gasteiger partial charge in [-0.3, -0.25) is 9.59 Å². The number of halogens is 2. The molecule has 2 aromatic rings. The summed E-state index contributed by atoms with van der Waals surface area (Å²) >= 11 is 6.35. The molecule has 0 aromatic heterocycles. The maximum absolute atomic E-state index is 17.6. The van der Waals surface area contributed by atoms with Crippen LogP contribution in [0.5, 0.6) is 5.75 Å². The van der Waals surface area contributed by atoms with Crippen molar-refractivity contribution >= 4 is 39.3 Å². The van der Waals surface area contributed by atoms with Crippen LogP contribution in [0.15, 0.2) is 36.4 Å². The van der Waals surface area contributed by atoms with Crippen LogP contribution in [0, 0.1) is 17.8 Å². The van der Waals surface area contributed by atoms with Crippen molar-refractivity contribution in [3.63, 3.8) is 0 Å². The molecule has 49 heavy (non-hydrogen) atoms. The molecule has 0 unspecified atom stereocenters. The van der Waals surface area contributed by atoms with Gasteiger partial charge >= 0.3 is 10.2 Å². The highest BCUT2D eigenvalue weighted by atomic mass is 35.5. The predicted octanol–water partition coefficient (Wildman–Crippen LogP) is 5.22. The molecule has 2 fully saturated rings. The van der Waals surface area contributed by atoms with Crippen LogP contribution < -0.4 is 14.4 Å². The van der Waals surface area contributed by atoms with Crippen LogP contribution in [0.4, 0.5) is 10.1 Å². The van der Waals surface area contributed by atoms with E-state index in [2.05, 4.69) is 4.90 Å². The molecule has 1 saturated carbocycles. The highest BCUT2D eigenvalue weighted by Crippen LogP contribution is 2.45. The second-order valence-corrected chi connectivity index (χ2v) is 16.7. The SMILES string of the molecule is CN1CC[C@H]2CCO[C@@H](C2)[C@@H]2CC[C@H]2CN2CCCCc3cc(Cl)ccc3COc3ccc(cc32)[C@@](F)(C(=O)NS(=O)(=O)N(C)C)CC1=O. The summed E-state index contributed by atoms with van der Waals surface area (Å²) < 4.78 is 58.6. The molecule has 13 heteroatoms. The van der Waals surface area contributed by atoms with Gasteiger partial charge < -0.3 is 19.3 Å². The minimum Gasteiger partial charge on any atom is -0.487 e. The molecular weight excluding hydrogens is 671 g/mol. The van der Waals surface area contributed by atoms with Crippen molar-refractivity contribution in [2.24, 2.45) is 17.8 Å². The summed E-state index contributed by atoms with van der Waals surface area (Å²) in [6.45, 7) is 2.71. The van der Waals surface area contributed by atoms with Gasteiger partial charge in [0.1, 0.15) is 12.4 Å². The Morgan fingerprint density at radius 3 is 2.63 bits per heavy atom. The van der Waals surface area contributed by atoms with Crippen molar-refractivity contribution in [2.45, 2.75) is 76.2 Å². The van der Waals surface area contributed by atoms with Gasteiger partial charge in [-0.05, 0) is 105 Å². The fourth-order valence-corrected chi connectivity index (χ4v) is 8.46. The molecule has 3 aliphatic heterocycles. The molecule has 4 aliphatic rings.